The number of nitrogens with one attached hydrogen (secondary N) is 1. The van der Waals surface area contributed by atoms with Crippen LogP contribution in [0, 0.1) is 0 Å². The van der Waals surface area contributed by atoms with E-state index < -0.39 is 0 Å². The first-order valence-electron chi connectivity index (χ1n) is 7.36. The Morgan fingerprint density at radius 1 is 1.30 bits per heavy atom. The molecule has 1 aromatic rings. The molecule has 108 valence electrons. The van der Waals surface area contributed by atoms with Gasteiger partial charge in [0.15, 0.2) is 0 Å². The zero-order valence-electron chi connectivity index (χ0n) is 12.2. The Labute approximate surface area is 121 Å². The van der Waals surface area contributed by atoms with Crippen LogP contribution in [-0.4, -0.2) is 45.9 Å². The normalized spacial score (nSPS) is 18.4. The molecule has 0 saturated carbocycles. The van der Waals surface area contributed by atoms with Gasteiger partial charge in [0.25, 0.3) is 0 Å². The number of para-hydroxylation sites is 1. The summed E-state index contributed by atoms with van der Waals surface area (Å²) in [6.45, 7) is 12.9. The lowest BCUT2D eigenvalue weighted by atomic mass is 10.1. The molecule has 0 aromatic heterocycles. The third-order valence-electron chi connectivity index (χ3n) is 3.83. The molecule has 2 heterocycles. The fourth-order valence-corrected chi connectivity index (χ4v) is 2.97. The number of piperazine rings is 1. The molecule has 0 bridgehead atoms. The van der Waals surface area contributed by atoms with Crippen LogP contribution < -0.4 is 19.9 Å². The highest BCUT2D eigenvalue weighted by molar-refractivity contribution is 5.79. The Kier molecular flexibility index (Phi) is 3.83. The highest BCUT2D eigenvalue weighted by Gasteiger charge is 2.24. The quantitative estimate of drug-likeness (QED) is 0.851. The molecular weight excluding hydrogens is 250 g/mol. The van der Waals surface area contributed by atoms with Crippen LogP contribution in [-0.2, 0) is 0 Å². The molecule has 0 atom stereocenters. The minimum Gasteiger partial charge on any atom is -0.489 e. The Bertz CT molecular complexity index is 494. The van der Waals surface area contributed by atoms with Crippen molar-refractivity contribution in [3.05, 3.63) is 30.4 Å². The maximum absolute atomic E-state index is 5.85. The highest BCUT2D eigenvalue weighted by Crippen LogP contribution is 2.40. The van der Waals surface area contributed by atoms with Gasteiger partial charge in [0, 0.05) is 32.7 Å². The summed E-state index contributed by atoms with van der Waals surface area (Å²) >= 11 is 0. The Morgan fingerprint density at radius 3 is 2.85 bits per heavy atom. The average molecular weight is 273 g/mol. The summed E-state index contributed by atoms with van der Waals surface area (Å²) in [6, 6.07) is 6.39. The second-order valence-electron chi connectivity index (χ2n) is 5.59. The lowest BCUT2D eigenvalue weighted by molar-refractivity contribution is 0.309. The van der Waals surface area contributed by atoms with Gasteiger partial charge in [0.05, 0.1) is 12.2 Å². The maximum atomic E-state index is 5.85. The third kappa shape index (κ3) is 2.61. The molecule has 20 heavy (non-hydrogen) atoms. The van der Waals surface area contributed by atoms with Crippen molar-refractivity contribution >= 4 is 11.4 Å². The fraction of sp³-hybridized carbons (Fsp3) is 0.500. The van der Waals surface area contributed by atoms with Gasteiger partial charge < -0.3 is 19.9 Å². The summed E-state index contributed by atoms with van der Waals surface area (Å²) in [6.07, 6.45) is 0. The Balaban J connectivity index is 1.96. The predicted molar refractivity (Wildman–Crippen MR) is 84.0 cm³/mol. The van der Waals surface area contributed by atoms with Gasteiger partial charge in [-0.05, 0) is 19.1 Å². The zero-order valence-corrected chi connectivity index (χ0v) is 12.2. The summed E-state index contributed by atoms with van der Waals surface area (Å²) < 4.78 is 5.85. The molecule has 0 spiro atoms. The molecule has 1 aromatic carbocycles. The summed E-state index contributed by atoms with van der Waals surface area (Å²) in [5.74, 6) is 1.01. The SMILES string of the molecule is C=C(C)CN1CCOc2cccc(N3CCNCC3)c21. The van der Waals surface area contributed by atoms with Crippen LogP contribution in [0.4, 0.5) is 11.4 Å². The molecule has 0 radical (unpaired) electrons. The second-order valence-corrected chi connectivity index (χ2v) is 5.59. The smallest absolute Gasteiger partial charge is 0.144 e. The first-order valence-corrected chi connectivity index (χ1v) is 7.36. The minimum absolute atomic E-state index is 0.755. The highest BCUT2D eigenvalue weighted by atomic mass is 16.5. The van der Waals surface area contributed by atoms with E-state index in [4.69, 9.17) is 4.74 Å². The molecule has 1 N–H and O–H groups in total. The van der Waals surface area contributed by atoms with E-state index in [0.29, 0.717) is 0 Å². The van der Waals surface area contributed by atoms with E-state index in [1.54, 1.807) is 0 Å². The molecule has 0 unspecified atom stereocenters. The topological polar surface area (TPSA) is 27.7 Å². The van der Waals surface area contributed by atoms with E-state index in [0.717, 1.165) is 51.6 Å². The van der Waals surface area contributed by atoms with Gasteiger partial charge in [-0.2, -0.15) is 0 Å². The number of anilines is 2. The summed E-state index contributed by atoms with van der Waals surface area (Å²) in [4.78, 5) is 4.86. The number of nitrogens with zero attached hydrogens (tertiary/aromatic N) is 2. The summed E-state index contributed by atoms with van der Waals surface area (Å²) in [5.41, 5.74) is 3.72. The molecule has 2 aliphatic rings. The first kappa shape index (κ1) is 13.3. The molecule has 4 heteroatoms. The van der Waals surface area contributed by atoms with Gasteiger partial charge in [-0.3, -0.25) is 0 Å². The number of ether oxygens (including phenoxy) is 1. The first-order chi connectivity index (χ1) is 9.75. The van der Waals surface area contributed by atoms with Crippen LogP contribution in [0.15, 0.2) is 30.4 Å². The molecular formula is C16H23N3O. The van der Waals surface area contributed by atoms with Crippen molar-refractivity contribution in [1.29, 1.82) is 0 Å². The van der Waals surface area contributed by atoms with E-state index in [-0.39, 0.29) is 0 Å². The summed E-state index contributed by atoms with van der Waals surface area (Å²) in [5, 5.41) is 3.41. The predicted octanol–water partition coefficient (Wildman–Crippen LogP) is 1.87. The molecule has 0 amide bonds. The molecule has 1 fully saturated rings. The van der Waals surface area contributed by atoms with E-state index in [2.05, 4.69) is 46.8 Å². The van der Waals surface area contributed by atoms with E-state index >= 15 is 0 Å². The van der Waals surface area contributed by atoms with Crippen LogP contribution in [0.3, 0.4) is 0 Å². The van der Waals surface area contributed by atoms with Crippen molar-refractivity contribution in [2.45, 2.75) is 6.92 Å². The molecule has 3 rings (SSSR count). The number of hydrogen-bond acceptors (Lipinski definition) is 4. The van der Waals surface area contributed by atoms with Gasteiger partial charge in [0.1, 0.15) is 18.0 Å². The molecule has 2 aliphatic heterocycles. The Hall–Kier alpha value is -1.68. The fourth-order valence-electron chi connectivity index (χ4n) is 2.97. The van der Waals surface area contributed by atoms with Crippen molar-refractivity contribution in [3.8, 4) is 5.75 Å². The maximum Gasteiger partial charge on any atom is 0.144 e. The third-order valence-corrected chi connectivity index (χ3v) is 3.83. The Morgan fingerprint density at radius 2 is 2.10 bits per heavy atom. The van der Waals surface area contributed by atoms with Crippen molar-refractivity contribution in [3.63, 3.8) is 0 Å². The van der Waals surface area contributed by atoms with E-state index in [9.17, 15) is 0 Å². The van der Waals surface area contributed by atoms with Gasteiger partial charge in [-0.25, -0.2) is 0 Å². The number of benzene rings is 1. The van der Waals surface area contributed by atoms with Crippen LogP contribution in [0.25, 0.3) is 0 Å². The molecule has 1 saturated heterocycles. The van der Waals surface area contributed by atoms with Crippen molar-refractivity contribution in [2.75, 3.05) is 55.7 Å². The summed E-state index contributed by atoms with van der Waals surface area (Å²) in [7, 11) is 0. The lowest BCUT2D eigenvalue weighted by Gasteiger charge is -2.38. The number of fused-ring (bicyclic) bond motifs is 1. The number of rotatable bonds is 3. The van der Waals surface area contributed by atoms with Crippen LogP contribution in [0.2, 0.25) is 0 Å². The van der Waals surface area contributed by atoms with Gasteiger partial charge in [-0.1, -0.05) is 18.2 Å². The monoisotopic (exact) mass is 273 g/mol. The van der Waals surface area contributed by atoms with Crippen molar-refractivity contribution < 1.29 is 4.74 Å². The van der Waals surface area contributed by atoms with Gasteiger partial charge in [0.2, 0.25) is 0 Å². The van der Waals surface area contributed by atoms with E-state index in [1.165, 1.54) is 16.9 Å². The lowest BCUT2D eigenvalue weighted by Crippen LogP contribution is -2.44. The zero-order chi connectivity index (χ0) is 13.9. The van der Waals surface area contributed by atoms with Crippen LogP contribution >= 0.6 is 0 Å². The van der Waals surface area contributed by atoms with E-state index in [1.807, 2.05) is 0 Å². The van der Waals surface area contributed by atoms with Crippen LogP contribution in [0.5, 0.6) is 5.75 Å². The second kappa shape index (κ2) is 5.75. The molecule has 4 nitrogen and oxygen atoms in total. The average Bonchev–Trinajstić information content (AvgIpc) is 2.47. The number of hydrogen-bond donors (Lipinski definition) is 1. The van der Waals surface area contributed by atoms with Crippen molar-refractivity contribution in [2.24, 2.45) is 0 Å². The minimum atomic E-state index is 0.755. The standard InChI is InChI=1S/C16H23N3O/c1-13(2)12-19-10-11-20-15-5-3-4-14(16(15)19)18-8-6-17-7-9-18/h3-5,17H,1,6-12H2,2H3. The van der Waals surface area contributed by atoms with Gasteiger partial charge in [-0.15, -0.1) is 0 Å². The largest absolute Gasteiger partial charge is 0.489 e. The molecule has 0 aliphatic carbocycles. The van der Waals surface area contributed by atoms with Crippen LogP contribution in [0.1, 0.15) is 6.92 Å². The van der Waals surface area contributed by atoms with Gasteiger partial charge >= 0.3 is 0 Å². The van der Waals surface area contributed by atoms with Crippen molar-refractivity contribution in [1.82, 2.24) is 5.32 Å².